The second kappa shape index (κ2) is 3.25. The molecule has 80 valence electrons. The standard InChI is InChI=1S/C14H24/c1-14(11-5-2-6-11,12-7-3-8-12)13-9-4-10-13/h11-13H,2-10H2,1H3. The average Bonchev–Trinajstić information content (AvgIpc) is 1.69. The summed E-state index contributed by atoms with van der Waals surface area (Å²) < 4.78 is 0. The van der Waals surface area contributed by atoms with E-state index in [0.29, 0.717) is 0 Å². The molecule has 0 saturated heterocycles. The van der Waals surface area contributed by atoms with Gasteiger partial charge >= 0.3 is 0 Å². The summed E-state index contributed by atoms with van der Waals surface area (Å²) in [6.07, 6.45) is 13.9. The largest absolute Gasteiger partial charge is 0.0588 e. The van der Waals surface area contributed by atoms with Crippen LogP contribution in [0.1, 0.15) is 64.7 Å². The molecule has 0 radical (unpaired) electrons. The maximum Gasteiger partial charge on any atom is -0.0241 e. The SMILES string of the molecule is CC(C1CCC1)(C1CCC1)C1CCC1. The van der Waals surface area contributed by atoms with Crippen LogP contribution in [0.3, 0.4) is 0 Å². The van der Waals surface area contributed by atoms with Crippen LogP contribution in [0.4, 0.5) is 0 Å². The second-order valence-electron chi connectivity index (χ2n) is 6.25. The van der Waals surface area contributed by atoms with E-state index < -0.39 is 0 Å². The Morgan fingerprint density at radius 1 is 0.643 bits per heavy atom. The number of rotatable bonds is 3. The van der Waals surface area contributed by atoms with Crippen LogP contribution in [-0.4, -0.2) is 0 Å². The van der Waals surface area contributed by atoms with Crippen molar-refractivity contribution in [1.82, 2.24) is 0 Å². The van der Waals surface area contributed by atoms with Crippen LogP contribution >= 0.6 is 0 Å². The van der Waals surface area contributed by atoms with Crippen LogP contribution in [0.2, 0.25) is 0 Å². The van der Waals surface area contributed by atoms with Gasteiger partial charge in [0, 0.05) is 0 Å². The minimum Gasteiger partial charge on any atom is -0.0588 e. The summed E-state index contributed by atoms with van der Waals surface area (Å²) >= 11 is 0. The van der Waals surface area contributed by atoms with E-state index in [1.54, 1.807) is 38.5 Å². The lowest BCUT2D eigenvalue weighted by molar-refractivity contribution is -0.0800. The van der Waals surface area contributed by atoms with E-state index in [1.165, 1.54) is 19.3 Å². The van der Waals surface area contributed by atoms with Crippen molar-refractivity contribution in [2.75, 3.05) is 0 Å². The molecule has 0 aromatic heterocycles. The fraction of sp³-hybridized carbons (Fsp3) is 1.00. The van der Waals surface area contributed by atoms with E-state index in [9.17, 15) is 0 Å². The molecule has 0 unspecified atom stereocenters. The molecule has 0 aliphatic heterocycles. The van der Waals surface area contributed by atoms with E-state index in [2.05, 4.69) is 6.92 Å². The second-order valence-corrected chi connectivity index (χ2v) is 6.25. The van der Waals surface area contributed by atoms with Crippen LogP contribution in [0, 0.1) is 23.2 Å². The zero-order valence-corrected chi connectivity index (χ0v) is 9.60. The monoisotopic (exact) mass is 192 g/mol. The fourth-order valence-electron chi connectivity index (χ4n) is 4.09. The van der Waals surface area contributed by atoms with Gasteiger partial charge in [-0.1, -0.05) is 26.2 Å². The Morgan fingerprint density at radius 2 is 0.929 bits per heavy atom. The van der Waals surface area contributed by atoms with Crippen LogP contribution in [0.25, 0.3) is 0 Å². The first-order valence-corrected chi connectivity index (χ1v) is 6.82. The summed E-state index contributed by atoms with van der Waals surface area (Å²) in [5, 5.41) is 0. The molecule has 0 spiro atoms. The lowest BCUT2D eigenvalue weighted by Crippen LogP contribution is -2.49. The van der Waals surface area contributed by atoms with E-state index in [1.807, 2.05) is 0 Å². The summed E-state index contributed by atoms with van der Waals surface area (Å²) in [7, 11) is 0. The Bertz CT molecular complexity index is 170. The van der Waals surface area contributed by atoms with Gasteiger partial charge in [-0.25, -0.2) is 0 Å². The van der Waals surface area contributed by atoms with Gasteiger partial charge in [0.2, 0.25) is 0 Å². The highest BCUT2D eigenvalue weighted by atomic mass is 14.6. The molecule has 3 saturated carbocycles. The average molecular weight is 192 g/mol. The van der Waals surface area contributed by atoms with Gasteiger partial charge in [0.15, 0.2) is 0 Å². The predicted octanol–water partition coefficient (Wildman–Crippen LogP) is 4.39. The normalized spacial score (nSPS) is 30.6. The maximum absolute atomic E-state index is 2.66. The Kier molecular flexibility index (Phi) is 2.15. The quantitative estimate of drug-likeness (QED) is 0.622. The maximum atomic E-state index is 2.66. The zero-order valence-electron chi connectivity index (χ0n) is 9.60. The molecule has 0 aromatic carbocycles. The molecule has 3 aliphatic carbocycles. The summed E-state index contributed by atoms with van der Waals surface area (Å²) in [4.78, 5) is 0. The van der Waals surface area contributed by atoms with Crippen molar-refractivity contribution >= 4 is 0 Å². The minimum absolute atomic E-state index is 0.786. The van der Waals surface area contributed by atoms with Crippen molar-refractivity contribution < 1.29 is 0 Å². The fourth-order valence-corrected chi connectivity index (χ4v) is 4.09. The lowest BCUT2D eigenvalue weighted by atomic mass is 9.47. The van der Waals surface area contributed by atoms with Crippen molar-refractivity contribution in [3.8, 4) is 0 Å². The van der Waals surface area contributed by atoms with Crippen molar-refractivity contribution in [2.24, 2.45) is 23.2 Å². The van der Waals surface area contributed by atoms with Crippen LogP contribution in [-0.2, 0) is 0 Å². The molecule has 0 N–H and O–H groups in total. The molecule has 0 amide bonds. The third-order valence-corrected chi connectivity index (χ3v) is 5.95. The molecular formula is C14H24. The highest BCUT2D eigenvalue weighted by Crippen LogP contribution is 2.60. The molecule has 0 atom stereocenters. The Balaban J connectivity index is 1.76. The first-order valence-electron chi connectivity index (χ1n) is 6.82. The van der Waals surface area contributed by atoms with Crippen molar-refractivity contribution in [3.63, 3.8) is 0 Å². The molecule has 14 heavy (non-hydrogen) atoms. The van der Waals surface area contributed by atoms with Crippen molar-refractivity contribution in [2.45, 2.75) is 64.7 Å². The van der Waals surface area contributed by atoms with Gasteiger partial charge in [-0.3, -0.25) is 0 Å². The van der Waals surface area contributed by atoms with Gasteiger partial charge in [0.05, 0.1) is 0 Å². The van der Waals surface area contributed by atoms with Gasteiger partial charge in [-0.2, -0.15) is 0 Å². The summed E-state index contributed by atoms with van der Waals surface area (Å²) in [5.74, 6) is 3.37. The first-order chi connectivity index (χ1) is 6.82. The molecule has 0 bridgehead atoms. The summed E-state index contributed by atoms with van der Waals surface area (Å²) in [6.45, 7) is 2.66. The molecular weight excluding hydrogens is 168 g/mol. The number of hydrogen-bond acceptors (Lipinski definition) is 0. The molecule has 3 aliphatic rings. The highest BCUT2D eigenvalue weighted by Gasteiger charge is 2.51. The van der Waals surface area contributed by atoms with Gasteiger partial charge in [-0.15, -0.1) is 0 Å². The lowest BCUT2D eigenvalue weighted by Gasteiger charge is -2.58. The van der Waals surface area contributed by atoms with Gasteiger partial charge in [-0.05, 0) is 61.7 Å². The van der Waals surface area contributed by atoms with E-state index in [4.69, 9.17) is 0 Å². The smallest absolute Gasteiger partial charge is 0.0241 e. The molecule has 3 fully saturated rings. The Hall–Kier alpha value is 0. The molecule has 0 heterocycles. The first kappa shape index (κ1) is 9.24. The van der Waals surface area contributed by atoms with E-state index >= 15 is 0 Å². The predicted molar refractivity (Wildman–Crippen MR) is 60.1 cm³/mol. The van der Waals surface area contributed by atoms with Crippen LogP contribution in [0.15, 0.2) is 0 Å². The summed E-state index contributed by atoms with van der Waals surface area (Å²) in [6, 6.07) is 0. The molecule has 3 rings (SSSR count). The minimum atomic E-state index is 0.786. The van der Waals surface area contributed by atoms with Crippen molar-refractivity contribution in [3.05, 3.63) is 0 Å². The topological polar surface area (TPSA) is 0 Å². The van der Waals surface area contributed by atoms with Gasteiger partial charge in [0.25, 0.3) is 0 Å². The summed E-state index contributed by atoms with van der Waals surface area (Å²) in [5.41, 5.74) is 0.786. The third kappa shape index (κ3) is 1.12. The molecule has 0 aromatic rings. The van der Waals surface area contributed by atoms with E-state index in [-0.39, 0.29) is 0 Å². The Morgan fingerprint density at radius 3 is 1.07 bits per heavy atom. The van der Waals surface area contributed by atoms with Crippen LogP contribution in [0.5, 0.6) is 0 Å². The van der Waals surface area contributed by atoms with Crippen molar-refractivity contribution in [1.29, 1.82) is 0 Å². The van der Waals surface area contributed by atoms with Gasteiger partial charge in [0.1, 0.15) is 0 Å². The van der Waals surface area contributed by atoms with E-state index in [0.717, 1.165) is 23.2 Å². The van der Waals surface area contributed by atoms with Crippen LogP contribution < -0.4 is 0 Å². The third-order valence-electron chi connectivity index (χ3n) is 5.95. The molecule has 0 nitrogen and oxygen atoms in total. The Labute approximate surface area is 88.5 Å². The van der Waals surface area contributed by atoms with Gasteiger partial charge < -0.3 is 0 Å². The number of hydrogen-bond donors (Lipinski definition) is 0. The zero-order chi connectivity index (χ0) is 9.60. The molecule has 0 heteroatoms. The highest BCUT2D eigenvalue weighted by molar-refractivity contribution is 5.01.